The van der Waals surface area contributed by atoms with E-state index in [9.17, 15) is 4.79 Å². The molecule has 2 nitrogen and oxygen atoms in total. The Bertz CT molecular complexity index is 336. The third kappa shape index (κ3) is 2.47. The molecule has 1 aromatic rings. The van der Waals surface area contributed by atoms with E-state index in [1.165, 1.54) is 12.0 Å². The summed E-state index contributed by atoms with van der Waals surface area (Å²) >= 11 is 3.43. The Balaban J connectivity index is 2.15. The lowest BCUT2D eigenvalue weighted by molar-refractivity contribution is -0.109. The van der Waals surface area contributed by atoms with Crippen LogP contribution in [0.2, 0.25) is 0 Å². The zero-order valence-electron chi connectivity index (χ0n) is 8.53. The summed E-state index contributed by atoms with van der Waals surface area (Å²) < 4.78 is 1.10. The van der Waals surface area contributed by atoms with Crippen molar-refractivity contribution in [1.29, 1.82) is 0 Å². The summed E-state index contributed by atoms with van der Waals surface area (Å²) in [6.07, 6.45) is 3.35. The second-order valence-electron chi connectivity index (χ2n) is 3.87. The van der Waals surface area contributed by atoms with E-state index in [0.29, 0.717) is 12.6 Å². The van der Waals surface area contributed by atoms with Crippen LogP contribution in [0.4, 0.5) is 0 Å². The first-order valence-electron chi connectivity index (χ1n) is 5.24. The van der Waals surface area contributed by atoms with Crippen molar-refractivity contribution in [2.75, 3.05) is 13.1 Å². The molecule has 0 N–H and O–H groups in total. The highest BCUT2D eigenvalue weighted by molar-refractivity contribution is 9.10. The lowest BCUT2D eigenvalue weighted by atomic mass is 10.1. The molecule has 15 heavy (non-hydrogen) atoms. The molecule has 0 radical (unpaired) electrons. The fourth-order valence-electron chi connectivity index (χ4n) is 2.20. The van der Waals surface area contributed by atoms with Gasteiger partial charge in [-0.05, 0) is 37.1 Å². The van der Waals surface area contributed by atoms with E-state index in [2.05, 4.69) is 45.1 Å². The number of carbonyl (C=O) groups is 1. The van der Waals surface area contributed by atoms with Crippen LogP contribution in [0.1, 0.15) is 24.4 Å². The van der Waals surface area contributed by atoms with E-state index in [1.54, 1.807) is 0 Å². The van der Waals surface area contributed by atoms with Crippen molar-refractivity contribution in [3.63, 3.8) is 0 Å². The van der Waals surface area contributed by atoms with E-state index >= 15 is 0 Å². The van der Waals surface area contributed by atoms with Crippen molar-refractivity contribution in [2.45, 2.75) is 18.9 Å². The molecule has 1 heterocycles. The summed E-state index contributed by atoms with van der Waals surface area (Å²) in [6.45, 7) is 1.60. The van der Waals surface area contributed by atoms with Crippen LogP contribution in [0, 0.1) is 0 Å². The van der Waals surface area contributed by atoms with Gasteiger partial charge in [0.05, 0.1) is 6.54 Å². The quantitative estimate of drug-likeness (QED) is 0.786. The molecule has 1 saturated heterocycles. The van der Waals surface area contributed by atoms with Gasteiger partial charge in [-0.25, -0.2) is 0 Å². The standard InChI is InChI=1S/C12H14BrNO/c13-11-5-3-10(4-6-11)12-2-1-7-14(12)8-9-15/h3-6,9,12H,1-2,7-8H2. The molecule has 1 atom stereocenters. The van der Waals surface area contributed by atoms with Crippen molar-refractivity contribution >= 4 is 22.2 Å². The number of carbonyl (C=O) groups excluding carboxylic acids is 1. The zero-order chi connectivity index (χ0) is 10.7. The zero-order valence-corrected chi connectivity index (χ0v) is 10.1. The van der Waals surface area contributed by atoms with Crippen molar-refractivity contribution in [1.82, 2.24) is 4.90 Å². The molecule has 1 fully saturated rings. The molecule has 2 rings (SSSR count). The van der Waals surface area contributed by atoms with Gasteiger partial charge in [0, 0.05) is 10.5 Å². The Morgan fingerprint density at radius 3 is 2.80 bits per heavy atom. The van der Waals surface area contributed by atoms with Crippen LogP contribution in [-0.4, -0.2) is 24.3 Å². The first-order valence-corrected chi connectivity index (χ1v) is 6.03. The minimum absolute atomic E-state index is 0.434. The van der Waals surface area contributed by atoms with Crippen LogP contribution in [0.25, 0.3) is 0 Å². The van der Waals surface area contributed by atoms with Crippen LogP contribution >= 0.6 is 15.9 Å². The molecule has 0 bridgehead atoms. The average Bonchev–Trinajstić information content (AvgIpc) is 2.68. The van der Waals surface area contributed by atoms with Gasteiger partial charge in [0.25, 0.3) is 0 Å². The van der Waals surface area contributed by atoms with Crippen LogP contribution in [0.3, 0.4) is 0 Å². The first-order chi connectivity index (χ1) is 7.31. The van der Waals surface area contributed by atoms with E-state index in [1.807, 2.05) is 0 Å². The van der Waals surface area contributed by atoms with Crippen molar-refractivity contribution in [2.24, 2.45) is 0 Å². The molecule has 0 amide bonds. The molecule has 80 valence electrons. The summed E-state index contributed by atoms with van der Waals surface area (Å²) in [5.41, 5.74) is 1.32. The molecule has 0 aromatic heterocycles. The van der Waals surface area contributed by atoms with Crippen molar-refractivity contribution < 1.29 is 4.79 Å². The Labute approximate surface area is 98.4 Å². The molecule has 1 aliphatic heterocycles. The molecular formula is C12H14BrNO. The highest BCUT2D eigenvalue weighted by Crippen LogP contribution is 2.31. The van der Waals surface area contributed by atoms with Gasteiger partial charge in [-0.15, -0.1) is 0 Å². The van der Waals surface area contributed by atoms with E-state index in [-0.39, 0.29) is 0 Å². The molecule has 1 aromatic carbocycles. The average molecular weight is 268 g/mol. The highest BCUT2D eigenvalue weighted by atomic mass is 79.9. The lowest BCUT2D eigenvalue weighted by Crippen LogP contribution is -2.25. The number of hydrogen-bond donors (Lipinski definition) is 0. The van der Waals surface area contributed by atoms with Gasteiger partial charge in [0.1, 0.15) is 6.29 Å². The summed E-state index contributed by atoms with van der Waals surface area (Å²) in [4.78, 5) is 12.8. The third-order valence-electron chi connectivity index (χ3n) is 2.93. The van der Waals surface area contributed by atoms with E-state index in [0.717, 1.165) is 23.7 Å². The Kier molecular flexibility index (Phi) is 3.54. The topological polar surface area (TPSA) is 20.3 Å². The van der Waals surface area contributed by atoms with Gasteiger partial charge >= 0.3 is 0 Å². The van der Waals surface area contributed by atoms with Crippen molar-refractivity contribution in [3.8, 4) is 0 Å². The number of halogens is 1. The summed E-state index contributed by atoms with van der Waals surface area (Å²) in [7, 11) is 0. The number of rotatable bonds is 3. The SMILES string of the molecule is O=CCN1CCCC1c1ccc(Br)cc1. The predicted molar refractivity (Wildman–Crippen MR) is 63.8 cm³/mol. The fraction of sp³-hybridized carbons (Fsp3) is 0.417. The van der Waals surface area contributed by atoms with Crippen LogP contribution in [-0.2, 0) is 4.79 Å². The molecule has 0 saturated carbocycles. The smallest absolute Gasteiger partial charge is 0.134 e. The first kappa shape index (κ1) is 10.8. The molecule has 0 aliphatic carbocycles. The monoisotopic (exact) mass is 267 g/mol. The van der Waals surface area contributed by atoms with Gasteiger partial charge in [-0.1, -0.05) is 28.1 Å². The molecular weight excluding hydrogens is 254 g/mol. The minimum Gasteiger partial charge on any atom is -0.302 e. The third-order valence-corrected chi connectivity index (χ3v) is 3.46. The summed E-state index contributed by atoms with van der Waals surface area (Å²) in [5.74, 6) is 0. The van der Waals surface area contributed by atoms with E-state index < -0.39 is 0 Å². The van der Waals surface area contributed by atoms with Gasteiger partial charge in [0.15, 0.2) is 0 Å². The van der Waals surface area contributed by atoms with Crippen LogP contribution in [0.5, 0.6) is 0 Å². The number of aldehydes is 1. The largest absolute Gasteiger partial charge is 0.302 e. The van der Waals surface area contributed by atoms with Gasteiger partial charge in [0.2, 0.25) is 0 Å². The Morgan fingerprint density at radius 1 is 1.40 bits per heavy atom. The van der Waals surface area contributed by atoms with Crippen molar-refractivity contribution in [3.05, 3.63) is 34.3 Å². The number of benzene rings is 1. The van der Waals surface area contributed by atoms with Crippen LogP contribution < -0.4 is 0 Å². The Hall–Kier alpha value is -0.670. The minimum atomic E-state index is 0.434. The molecule has 0 spiro atoms. The number of nitrogens with zero attached hydrogens (tertiary/aromatic N) is 1. The summed E-state index contributed by atoms with van der Waals surface area (Å²) in [5, 5.41) is 0. The van der Waals surface area contributed by atoms with Gasteiger partial charge in [-0.3, -0.25) is 4.90 Å². The maximum atomic E-state index is 10.5. The molecule has 1 unspecified atom stereocenters. The second-order valence-corrected chi connectivity index (χ2v) is 4.79. The normalized spacial score (nSPS) is 21.8. The highest BCUT2D eigenvalue weighted by Gasteiger charge is 2.24. The number of hydrogen-bond acceptors (Lipinski definition) is 2. The lowest BCUT2D eigenvalue weighted by Gasteiger charge is -2.22. The Morgan fingerprint density at radius 2 is 2.13 bits per heavy atom. The molecule has 1 aliphatic rings. The molecule has 3 heteroatoms. The maximum absolute atomic E-state index is 10.5. The predicted octanol–water partition coefficient (Wildman–Crippen LogP) is 2.78. The van der Waals surface area contributed by atoms with Crippen LogP contribution in [0.15, 0.2) is 28.7 Å². The number of likely N-dealkylation sites (tertiary alicyclic amines) is 1. The fourth-order valence-corrected chi connectivity index (χ4v) is 2.47. The van der Waals surface area contributed by atoms with E-state index in [4.69, 9.17) is 0 Å². The second kappa shape index (κ2) is 4.90. The summed E-state index contributed by atoms with van der Waals surface area (Å²) in [6, 6.07) is 8.83. The van der Waals surface area contributed by atoms with Gasteiger partial charge < -0.3 is 4.79 Å². The van der Waals surface area contributed by atoms with Gasteiger partial charge in [-0.2, -0.15) is 0 Å². The maximum Gasteiger partial charge on any atom is 0.134 e.